The van der Waals surface area contributed by atoms with Crippen molar-refractivity contribution < 1.29 is 9.47 Å². The molecule has 1 unspecified atom stereocenters. The van der Waals surface area contributed by atoms with Crippen LogP contribution in [0.5, 0.6) is 11.5 Å². The van der Waals surface area contributed by atoms with Crippen molar-refractivity contribution in [3.05, 3.63) is 87.7 Å². The monoisotopic (exact) mass is 614 g/mol. The van der Waals surface area contributed by atoms with E-state index in [4.69, 9.17) is 9.47 Å². The molecular weight excluding hydrogens is 556 g/mol. The zero-order chi connectivity index (χ0) is 32.4. The van der Waals surface area contributed by atoms with Crippen LogP contribution < -0.4 is 20.3 Å². The number of pyridine rings is 1. The molecule has 0 fully saturated rings. The highest BCUT2D eigenvalue weighted by atomic mass is 16.5. The second kappa shape index (κ2) is 19.8. The van der Waals surface area contributed by atoms with Gasteiger partial charge in [-0.25, -0.2) is 0 Å². The molecule has 5 nitrogen and oxygen atoms in total. The van der Waals surface area contributed by atoms with E-state index in [-0.39, 0.29) is 5.56 Å². The van der Waals surface area contributed by atoms with Crippen molar-refractivity contribution in [2.45, 2.75) is 119 Å². The summed E-state index contributed by atoms with van der Waals surface area (Å²) in [5.41, 5.74) is 5.60. The summed E-state index contributed by atoms with van der Waals surface area (Å²) in [5, 5.41) is 4.48. The molecule has 3 aromatic rings. The lowest BCUT2D eigenvalue weighted by atomic mass is 10.1. The van der Waals surface area contributed by atoms with Crippen molar-refractivity contribution in [1.82, 2.24) is 4.57 Å². The third kappa shape index (κ3) is 12.1. The van der Waals surface area contributed by atoms with Crippen LogP contribution in [0.2, 0.25) is 0 Å². The van der Waals surface area contributed by atoms with E-state index in [9.17, 15) is 4.79 Å². The number of hydrogen-bond donors (Lipinski definition) is 1. The molecule has 45 heavy (non-hydrogen) atoms. The van der Waals surface area contributed by atoms with E-state index in [0.29, 0.717) is 43.7 Å². The predicted octanol–water partition coefficient (Wildman–Crippen LogP) is 10.9. The molecule has 246 valence electrons. The highest BCUT2D eigenvalue weighted by Gasteiger charge is 2.21. The van der Waals surface area contributed by atoms with Crippen LogP contribution in [-0.2, 0) is 13.1 Å². The number of aromatic nitrogens is 1. The molecule has 1 aromatic heterocycles. The SMILES string of the molecule is CCCCCCCCn1c(=O)c(OCC(C)CCC)c(OC/C=C(\C)CCC=C(C)C)c2ccc(NCc3ccccc3)cc21. The molecule has 1 heterocycles. The first-order valence-electron chi connectivity index (χ1n) is 17.4. The quantitative estimate of drug-likeness (QED) is 0.0958. The fraction of sp³-hybridized carbons (Fsp3) is 0.525. The number of allylic oxidation sites excluding steroid dienone is 3. The summed E-state index contributed by atoms with van der Waals surface area (Å²) in [5.74, 6) is 1.25. The molecule has 1 atom stereocenters. The van der Waals surface area contributed by atoms with Crippen LogP contribution in [-0.4, -0.2) is 17.8 Å². The van der Waals surface area contributed by atoms with E-state index < -0.39 is 0 Å². The van der Waals surface area contributed by atoms with Crippen LogP contribution in [0.1, 0.15) is 111 Å². The zero-order valence-corrected chi connectivity index (χ0v) is 28.9. The van der Waals surface area contributed by atoms with Crippen molar-refractivity contribution in [1.29, 1.82) is 0 Å². The molecule has 0 aliphatic heterocycles. The Morgan fingerprint density at radius 1 is 0.889 bits per heavy atom. The van der Waals surface area contributed by atoms with E-state index in [0.717, 1.165) is 55.1 Å². The Kier molecular flexibility index (Phi) is 15.9. The summed E-state index contributed by atoms with van der Waals surface area (Å²) in [4.78, 5) is 14.2. The van der Waals surface area contributed by atoms with E-state index in [1.165, 1.54) is 42.4 Å². The Labute approximate surface area is 272 Å². The number of fused-ring (bicyclic) bond motifs is 1. The number of hydrogen-bond acceptors (Lipinski definition) is 4. The molecule has 1 N–H and O–H groups in total. The normalized spacial score (nSPS) is 12.3. The molecule has 0 aliphatic carbocycles. The highest BCUT2D eigenvalue weighted by Crippen LogP contribution is 2.35. The molecule has 0 saturated carbocycles. The second-order valence-corrected chi connectivity index (χ2v) is 12.8. The molecule has 0 aliphatic rings. The number of nitrogens with one attached hydrogen (secondary N) is 1. The Hall–Kier alpha value is -3.47. The molecule has 0 spiro atoms. The Morgan fingerprint density at radius 3 is 2.38 bits per heavy atom. The lowest BCUT2D eigenvalue weighted by molar-refractivity contribution is 0.233. The van der Waals surface area contributed by atoms with Crippen LogP contribution in [0.25, 0.3) is 10.9 Å². The van der Waals surface area contributed by atoms with E-state index in [1.54, 1.807) is 0 Å². The number of ether oxygens (including phenoxy) is 2. The van der Waals surface area contributed by atoms with E-state index >= 15 is 0 Å². The van der Waals surface area contributed by atoms with Crippen molar-refractivity contribution in [2.24, 2.45) is 5.92 Å². The maximum absolute atomic E-state index is 14.2. The van der Waals surface area contributed by atoms with Gasteiger partial charge in [0.25, 0.3) is 5.56 Å². The molecule has 3 rings (SSSR count). The predicted molar refractivity (Wildman–Crippen MR) is 193 cm³/mol. The van der Waals surface area contributed by atoms with Gasteiger partial charge >= 0.3 is 0 Å². The van der Waals surface area contributed by atoms with Gasteiger partial charge in [-0.3, -0.25) is 4.79 Å². The van der Waals surface area contributed by atoms with Gasteiger partial charge in [-0.1, -0.05) is 107 Å². The molecule has 0 radical (unpaired) electrons. The molecule has 0 bridgehead atoms. The number of unbranched alkanes of at least 4 members (excludes halogenated alkanes) is 5. The topological polar surface area (TPSA) is 52.5 Å². The Morgan fingerprint density at radius 2 is 1.64 bits per heavy atom. The highest BCUT2D eigenvalue weighted by molar-refractivity contribution is 5.90. The summed E-state index contributed by atoms with van der Waals surface area (Å²) in [6.45, 7) is 15.3. The van der Waals surface area contributed by atoms with Crippen LogP contribution in [0.3, 0.4) is 0 Å². The van der Waals surface area contributed by atoms with Crippen molar-refractivity contribution in [3.8, 4) is 11.5 Å². The minimum absolute atomic E-state index is 0.0979. The van der Waals surface area contributed by atoms with Crippen LogP contribution >= 0.6 is 0 Å². The number of rotatable bonds is 21. The molecule has 5 heteroatoms. The fourth-order valence-corrected chi connectivity index (χ4v) is 5.61. The minimum Gasteiger partial charge on any atom is -0.485 e. The standard InChI is InChI=1S/C40H58N2O3/c1-7-9-10-11-12-16-26-42-37-28-35(41-29-34-21-14-13-15-22-34)23-24-36(37)38(39(40(42)43)45-30-33(6)18-8-2)44-27-25-32(5)20-17-19-31(3)4/h13-15,19,21-25,28,33,41H,7-12,16-18,20,26-27,29-30H2,1-6H3/b32-25+. The smallest absolute Gasteiger partial charge is 0.297 e. The first-order valence-corrected chi connectivity index (χ1v) is 17.4. The van der Waals surface area contributed by atoms with Crippen LogP contribution in [0, 0.1) is 5.92 Å². The zero-order valence-electron chi connectivity index (χ0n) is 28.9. The van der Waals surface area contributed by atoms with E-state index in [1.807, 2.05) is 10.6 Å². The largest absolute Gasteiger partial charge is 0.485 e. The Bertz CT molecular complexity index is 1420. The number of nitrogens with zero attached hydrogens (tertiary/aromatic N) is 1. The van der Waals surface area contributed by atoms with Crippen LogP contribution in [0.15, 0.2) is 76.6 Å². The maximum atomic E-state index is 14.2. The number of benzene rings is 2. The van der Waals surface area contributed by atoms with Crippen molar-refractivity contribution in [3.63, 3.8) is 0 Å². The van der Waals surface area contributed by atoms with Gasteiger partial charge in [0.15, 0.2) is 5.75 Å². The third-order valence-corrected chi connectivity index (χ3v) is 8.30. The van der Waals surface area contributed by atoms with Gasteiger partial charge in [0.2, 0.25) is 5.75 Å². The minimum atomic E-state index is -0.0979. The molecule has 0 saturated heterocycles. The average Bonchev–Trinajstić information content (AvgIpc) is 3.02. The second-order valence-electron chi connectivity index (χ2n) is 12.8. The Balaban J connectivity index is 1.99. The van der Waals surface area contributed by atoms with Gasteiger partial charge in [0, 0.05) is 24.2 Å². The van der Waals surface area contributed by atoms with Gasteiger partial charge in [0.05, 0.1) is 12.1 Å². The van der Waals surface area contributed by atoms with Crippen LogP contribution in [0.4, 0.5) is 5.69 Å². The number of aryl methyl sites for hydroxylation is 1. The molecular formula is C40H58N2O3. The van der Waals surface area contributed by atoms with Crippen molar-refractivity contribution in [2.75, 3.05) is 18.5 Å². The summed E-state index contributed by atoms with van der Waals surface area (Å²) < 4.78 is 14.8. The summed E-state index contributed by atoms with van der Waals surface area (Å²) in [6.07, 6.45) is 15.6. The summed E-state index contributed by atoms with van der Waals surface area (Å²) in [7, 11) is 0. The third-order valence-electron chi connectivity index (χ3n) is 8.30. The van der Waals surface area contributed by atoms with Gasteiger partial charge in [0.1, 0.15) is 6.61 Å². The van der Waals surface area contributed by atoms with Gasteiger partial charge < -0.3 is 19.4 Å². The van der Waals surface area contributed by atoms with Crippen molar-refractivity contribution >= 4 is 16.6 Å². The van der Waals surface area contributed by atoms with Gasteiger partial charge in [-0.2, -0.15) is 0 Å². The van der Waals surface area contributed by atoms with Gasteiger partial charge in [-0.15, -0.1) is 0 Å². The number of anilines is 1. The fourth-order valence-electron chi connectivity index (χ4n) is 5.61. The maximum Gasteiger partial charge on any atom is 0.297 e. The first kappa shape index (κ1) is 36.0. The first-order chi connectivity index (χ1) is 21.8. The molecule has 0 amide bonds. The lowest BCUT2D eigenvalue weighted by Crippen LogP contribution is -2.25. The lowest BCUT2D eigenvalue weighted by Gasteiger charge is -2.20. The van der Waals surface area contributed by atoms with E-state index in [2.05, 4.69) is 101 Å². The summed E-state index contributed by atoms with van der Waals surface area (Å²) in [6, 6.07) is 16.7. The molecule has 2 aromatic carbocycles. The average molecular weight is 615 g/mol. The van der Waals surface area contributed by atoms with Gasteiger partial charge in [-0.05, 0) is 82.2 Å². The summed E-state index contributed by atoms with van der Waals surface area (Å²) >= 11 is 0.